The van der Waals surface area contributed by atoms with Gasteiger partial charge < -0.3 is 26.2 Å². The number of nitrogens with one attached hydrogen (secondary N) is 4. The molecule has 0 radical (unpaired) electrons. The van der Waals surface area contributed by atoms with Crippen LogP contribution in [-0.2, 0) is 0 Å². The summed E-state index contributed by atoms with van der Waals surface area (Å²) in [5.41, 5.74) is 3.51. The molecule has 33 heavy (non-hydrogen) atoms. The summed E-state index contributed by atoms with van der Waals surface area (Å²) in [5, 5.41) is 13.9. The van der Waals surface area contributed by atoms with Gasteiger partial charge in [-0.2, -0.15) is 15.0 Å². The van der Waals surface area contributed by atoms with Crippen LogP contribution in [0.5, 0.6) is 0 Å². The van der Waals surface area contributed by atoms with Gasteiger partial charge >= 0.3 is 0 Å². The third-order valence-electron chi connectivity index (χ3n) is 5.66. The van der Waals surface area contributed by atoms with Gasteiger partial charge in [0.05, 0.1) is 0 Å². The van der Waals surface area contributed by atoms with E-state index >= 15 is 0 Å². The zero-order valence-electron chi connectivity index (χ0n) is 21.6. The van der Waals surface area contributed by atoms with Crippen molar-refractivity contribution in [3.63, 3.8) is 0 Å². The van der Waals surface area contributed by atoms with Crippen LogP contribution in [0.1, 0.15) is 65.1 Å². The minimum absolute atomic E-state index is 0.127. The molecule has 4 N–H and O–H groups in total. The van der Waals surface area contributed by atoms with Crippen molar-refractivity contribution in [2.24, 2.45) is 5.41 Å². The minimum atomic E-state index is 0.127. The van der Waals surface area contributed by atoms with E-state index in [-0.39, 0.29) is 11.5 Å². The van der Waals surface area contributed by atoms with Gasteiger partial charge in [0, 0.05) is 44.0 Å². The van der Waals surface area contributed by atoms with Crippen molar-refractivity contribution in [2.45, 2.75) is 73.0 Å². The van der Waals surface area contributed by atoms with Crippen molar-refractivity contribution in [3.8, 4) is 0 Å². The molecule has 1 unspecified atom stereocenters. The average Bonchev–Trinajstić information content (AvgIpc) is 3.20. The lowest BCUT2D eigenvalue weighted by Crippen LogP contribution is -2.31. The molecule has 2 aromatic rings. The second-order valence-electron chi connectivity index (χ2n) is 10.8. The highest BCUT2D eigenvalue weighted by atomic mass is 15.3. The summed E-state index contributed by atoms with van der Waals surface area (Å²) in [6.45, 7) is 18.0. The van der Waals surface area contributed by atoms with Crippen LogP contribution in [0.2, 0.25) is 0 Å². The van der Waals surface area contributed by atoms with E-state index < -0.39 is 0 Å². The molecule has 8 heteroatoms. The molecule has 1 aliphatic rings. The number of hydrogen-bond donors (Lipinski definition) is 4. The molecule has 0 saturated carbocycles. The molecule has 2 atom stereocenters. The number of nitrogens with zero attached hydrogens (tertiary/aromatic N) is 4. The molecule has 0 spiro atoms. The lowest BCUT2D eigenvalue weighted by atomic mass is 9.96. The van der Waals surface area contributed by atoms with Crippen molar-refractivity contribution in [3.05, 3.63) is 29.3 Å². The molecular weight excluding hydrogens is 412 g/mol. The summed E-state index contributed by atoms with van der Waals surface area (Å²) in [6, 6.07) is 7.51. The standard InChI is InChI=1S/C25H42N8/c1-16(2)27-18(4)19-10-9-17(3)21(13-19)29-23-30-22(28-20-11-12-26-14-20)31-24(32-23)33(8)15-25(5,6)7/h9-10,13,16,18,20,26-27H,11-12,14-15H2,1-8H3,(H2,28,29,30,31,32)/t18?,20-/m0/s1. The van der Waals surface area contributed by atoms with E-state index in [9.17, 15) is 0 Å². The van der Waals surface area contributed by atoms with Crippen molar-refractivity contribution in [1.82, 2.24) is 25.6 Å². The molecule has 0 aliphatic carbocycles. The smallest absolute Gasteiger partial charge is 0.233 e. The molecule has 182 valence electrons. The number of rotatable bonds is 9. The summed E-state index contributed by atoms with van der Waals surface area (Å²) in [4.78, 5) is 16.3. The quantitative estimate of drug-likeness (QED) is 0.447. The Morgan fingerprint density at radius 3 is 2.48 bits per heavy atom. The van der Waals surface area contributed by atoms with E-state index in [0.717, 1.165) is 37.3 Å². The number of aryl methyl sites for hydroxylation is 1. The Kier molecular flexibility index (Phi) is 8.13. The van der Waals surface area contributed by atoms with Gasteiger partial charge in [-0.1, -0.05) is 46.8 Å². The summed E-state index contributed by atoms with van der Waals surface area (Å²) in [7, 11) is 2.04. The highest BCUT2D eigenvalue weighted by Gasteiger charge is 2.20. The molecule has 0 amide bonds. The first kappa shape index (κ1) is 25.2. The zero-order valence-corrected chi connectivity index (χ0v) is 21.6. The molecule has 3 rings (SSSR count). The van der Waals surface area contributed by atoms with Crippen LogP contribution in [0.15, 0.2) is 18.2 Å². The van der Waals surface area contributed by atoms with Gasteiger partial charge in [-0.05, 0) is 49.4 Å². The first-order chi connectivity index (χ1) is 15.5. The lowest BCUT2D eigenvalue weighted by Gasteiger charge is -2.27. The number of benzene rings is 1. The summed E-state index contributed by atoms with van der Waals surface area (Å²) in [5.74, 6) is 1.83. The fraction of sp³-hybridized carbons (Fsp3) is 0.640. The molecule has 2 heterocycles. The molecule has 1 aromatic heterocycles. The van der Waals surface area contributed by atoms with Gasteiger partial charge in [0.2, 0.25) is 17.8 Å². The van der Waals surface area contributed by atoms with Crippen LogP contribution >= 0.6 is 0 Å². The predicted octanol–water partition coefficient (Wildman–Crippen LogP) is 4.24. The highest BCUT2D eigenvalue weighted by Crippen LogP contribution is 2.26. The monoisotopic (exact) mass is 454 g/mol. The number of anilines is 4. The van der Waals surface area contributed by atoms with Crippen LogP contribution in [0.4, 0.5) is 23.5 Å². The minimum Gasteiger partial charge on any atom is -0.350 e. The van der Waals surface area contributed by atoms with Gasteiger partial charge in [-0.3, -0.25) is 0 Å². The maximum Gasteiger partial charge on any atom is 0.233 e. The Hall–Kier alpha value is -2.45. The molecule has 1 fully saturated rings. The Labute approximate surface area is 199 Å². The van der Waals surface area contributed by atoms with E-state index in [1.807, 2.05) is 7.05 Å². The average molecular weight is 455 g/mol. The van der Waals surface area contributed by atoms with Crippen LogP contribution in [0, 0.1) is 12.3 Å². The van der Waals surface area contributed by atoms with Gasteiger partial charge in [-0.15, -0.1) is 0 Å². The van der Waals surface area contributed by atoms with E-state index in [4.69, 9.17) is 15.0 Å². The molecule has 1 aromatic carbocycles. The van der Waals surface area contributed by atoms with E-state index in [1.54, 1.807) is 0 Å². The fourth-order valence-electron chi connectivity index (χ4n) is 4.16. The normalized spacial score (nSPS) is 17.3. The Bertz CT molecular complexity index is 915. The Morgan fingerprint density at radius 1 is 1.12 bits per heavy atom. The van der Waals surface area contributed by atoms with Crippen LogP contribution in [0.25, 0.3) is 0 Å². The number of aromatic nitrogens is 3. The van der Waals surface area contributed by atoms with Crippen molar-refractivity contribution in [1.29, 1.82) is 0 Å². The van der Waals surface area contributed by atoms with E-state index in [0.29, 0.717) is 29.9 Å². The third-order valence-corrected chi connectivity index (χ3v) is 5.66. The molecule has 8 nitrogen and oxygen atoms in total. The van der Waals surface area contributed by atoms with Crippen molar-refractivity contribution < 1.29 is 0 Å². The second-order valence-corrected chi connectivity index (χ2v) is 10.8. The van der Waals surface area contributed by atoms with Crippen molar-refractivity contribution >= 4 is 23.5 Å². The first-order valence-corrected chi connectivity index (χ1v) is 12.1. The van der Waals surface area contributed by atoms with Crippen molar-refractivity contribution in [2.75, 3.05) is 42.2 Å². The van der Waals surface area contributed by atoms with Gasteiger partial charge in [-0.25, -0.2) is 0 Å². The van der Waals surface area contributed by atoms with Crippen LogP contribution in [0.3, 0.4) is 0 Å². The largest absolute Gasteiger partial charge is 0.350 e. The van der Waals surface area contributed by atoms with E-state index in [2.05, 4.69) is 92.8 Å². The third kappa shape index (κ3) is 7.54. The SMILES string of the molecule is Cc1ccc(C(C)NC(C)C)cc1Nc1nc(N[C@H]2CCNC2)nc(N(C)CC(C)(C)C)n1. The van der Waals surface area contributed by atoms with Crippen LogP contribution < -0.4 is 26.2 Å². The number of hydrogen-bond acceptors (Lipinski definition) is 8. The van der Waals surface area contributed by atoms with Gasteiger partial charge in [0.25, 0.3) is 0 Å². The molecule has 1 aliphatic heterocycles. The first-order valence-electron chi connectivity index (χ1n) is 12.1. The second kappa shape index (κ2) is 10.7. The Morgan fingerprint density at radius 2 is 1.85 bits per heavy atom. The molecule has 1 saturated heterocycles. The molecule has 0 bridgehead atoms. The van der Waals surface area contributed by atoms with Crippen LogP contribution in [-0.4, -0.2) is 53.7 Å². The topological polar surface area (TPSA) is 90.0 Å². The Balaban J connectivity index is 1.90. The summed E-state index contributed by atoms with van der Waals surface area (Å²) < 4.78 is 0. The zero-order chi connectivity index (χ0) is 24.2. The summed E-state index contributed by atoms with van der Waals surface area (Å²) in [6.07, 6.45) is 1.06. The van der Waals surface area contributed by atoms with Gasteiger partial charge in [0.15, 0.2) is 0 Å². The fourth-order valence-corrected chi connectivity index (χ4v) is 4.16. The highest BCUT2D eigenvalue weighted by molar-refractivity contribution is 5.61. The maximum absolute atomic E-state index is 4.77. The summed E-state index contributed by atoms with van der Waals surface area (Å²) >= 11 is 0. The van der Waals surface area contributed by atoms with E-state index in [1.165, 1.54) is 5.56 Å². The predicted molar refractivity (Wildman–Crippen MR) is 139 cm³/mol. The maximum atomic E-state index is 4.77. The van der Waals surface area contributed by atoms with Gasteiger partial charge in [0.1, 0.15) is 0 Å². The molecular formula is C25H42N8. The lowest BCUT2D eigenvalue weighted by molar-refractivity contribution is 0.416.